The van der Waals surface area contributed by atoms with Crippen molar-refractivity contribution in [2.24, 2.45) is 0 Å². The molecule has 0 unspecified atom stereocenters. The SMILES string of the molecule is c1ccc(-c2ccc(-c3ccc(N(c4cccc(-c5cccc(-c6cccc7c6c6ccccc6n7-c6ccccc6)c5)c4)c4ccccc4-c4ccccc4)cc3)cc2)cc1. The predicted octanol–water partition coefficient (Wildman–Crippen LogP) is 16.6. The summed E-state index contributed by atoms with van der Waals surface area (Å²) in [5, 5.41) is 2.51. The molecule has 1 aromatic heterocycles. The zero-order chi connectivity index (χ0) is 41.2. The first kappa shape index (κ1) is 36.8. The molecule has 10 aromatic carbocycles. The topological polar surface area (TPSA) is 8.17 Å². The highest BCUT2D eigenvalue weighted by atomic mass is 15.1. The Labute approximate surface area is 362 Å². The molecule has 0 spiro atoms. The van der Waals surface area contributed by atoms with Crippen LogP contribution in [0.1, 0.15) is 0 Å². The van der Waals surface area contributed by atoms with Crippen LogP contribution in [0.2, 0.25) is 0 Å². The first-order chi connectivity index (χ1) is 30.8. The van der Waals surface area contributed by atoms with E-state index in [0.29, 0.717) is 0 Å². The Kier molecular flexibility index (Phi) is 9.57. The van der Waals surface area contributed by atoms with Gasteiger partial charge in [0.25, 0.3) is 0 Å². The number of nitrogens with zero attached hydrogens (tertiary/aromatic N) is 2. The molecule has 0 amide bonds. The largest absolute Gasteiger partial charge is 0.310 e. The Morgan fingerprint density at radius 3 is 1.48 bits per heavy atom. The molecular formula is C60H42N2. The predicted molar refractivity (Wildman–Crippen MR) is 263 cm³/mol. The molecule has 0 saturated heterocycles. The number of benzene rings is 10. The van der Waals surface area contributed by atoms with Gasteiger partial charge in [-0.2, -0.15) is 0 Å². The number of rotatable bonds is 9. The molecule has 0 atom stereocenters. The summed E-state index contributed by atoms with van der Waals surface area (Å²) in [5.74, 6) is 0. The minimum absolute atomic E-state index is 1.09. The van der Waals surface area contributed by atoms with Gasteiger partial charge in [-0.05, 0) is 111 Å². The van der Waals surface area contributed by atoms with Crippen LogP contribution in [0.5, 0.6) is 0 Å². The van der Waals surface area contributed by atoms with Crippen molar-refractivity contribution < 1.29 is 0 Å². The maximum Gasteiger partial charge on any atom is 0.0547 e. The van der Waals surface area contributed by atoms with Gasteiger partial charge in [0.2, 0.25) is 0 Å². The fraction of sp³-hybridized carbons (Fsp3) is 0. The van der Waals surface area contributed by atoms with E-state index in [0.717, 1.165) is 28.3 Å². The fourth-order valence-corrected chi connectivity index (χ4v) is 9.05. The van der Waals surface area contributed by atoms with Gasteiger partial charge in [-0.1, -0.05) is 194 Å². The lowest BCUT2D eigenvalue weighted by Crippen LogP contribution is -2.11. The second-order valence-corrected chi connectivity index (χ2v) is 15.7. The number of aromatic nitrogens is 1. The Hall–Kier alpha value is -8.20. The summed E-state index contributed by atoms with van der Waals surface area (Å²) in [6, 6.07) is 92.0. The summed E-state index contributed by atoms with van der Waals surface area (Å²) in [5.41, 5.74) is 18.7. The van der Waals surface area contributed by atoms with E-state index < -0.39 is 0 Å². The van der Waals surface area contributed by atoms with Crippen molar-refractivity contribution in [1.82, 2.24) is 4.57 Å². The van der Waals surface area contributed by atoms with Gasteiger partial charge >= 0.3 is 0 Å². The first-order valence-electron chi connectivity index (χ1n) is 21.3. The summed E-state index contributed by atoms with van der Waals surface area (Å²) in [6.07, 6.45) is 0. The average Bonchev–Trinajstić information content (AvgIpc) is 3.70. The van der Waals surface area contributed by atoms with Crippen LogP contribution in [0.4, 0.5) is 17.1 Å². The molecule has 0 aliphatic rings. The van der Waals surface area contributed by atoms with E-state index in [2.05, 4.69) is 264 Å². The number of fused-ring (bicyclic) bond motifs is 3. The first-order valence-corrected chi connectivity index (χ1v) is 21.3. The summed E-state index contributed by atoms with van der Waals surface area (Å²) < 4.78 is 2.39. The third-order valence-electron chi connectivity index (χ3n) is 12.0. The van der Waals surface area contributed by atoms with Crippen LogP contribution in [-0.4, -0.2) is 4.57 Å². The zero-order valence-electron chi connectivity index (χ0n) is 34.1. The number of hydrogen-bond donors (Lipinski definition) is 0. The minimum Gasteiger partial charge on any atom is -0.310 e. The molecule has 0 N–H and O–H groups in total. The molecule has 0 saturated carbocycles. The van der Waals surface area contributed by atoms with Gasteiger partial charge in [-0.25, -0.2) is 0 Å². The lowest BCUT2D eigenvalue weighted by molar-refractivity contribution is 1.18. The highest BCUT2D eigenvalue weighted by molar-refractivity contribution is 6.16. The normalized spacial score (nSPS) is 11.2. The molecule has 0 aliphatic carbocycles. The smallest absolute Gasteiger partial charge is 0.0547 e. The van der Waals surface area contributed by atoms with Gasteiger partial charge in [-0.3, -0.25) is 0 Å². The summed E-state index contributed by atoms with van der Waals surface area (Å²) >= 11 is 0. The van der Waals surface area contributed by atoms with Crippen LogP contribution in [0.3, 0.4) is 0 Å². The van der Waals surface area contributed by atoms with E-state index in [1.165, 1.54) is 71.9 Å². The lowest BCUT2D eigenvalue weighted by Gasteiger charge is -2.28. The second kappa shape index (κ2) is 16.1. The van der Waals surface area contributed by atoms with E-state index in [1.807, 2.05) is 0 Å². The Morgan fingerprint density at radius 1 is 0.274 bits per heavy atom. The second-order valence-electron chi connectivity index (χ2n) is 15.7. The quantitative estimate of drug-likeness (QED) is 0.141. The van der Waals surface area contributed by atoms with Crippen molar-refractivity contribution in [2.75, 3.05) is 4.90 Å². The molecule has 11 aromatic rings. The Morgan fingerprint density at radius 2 is 0.758 bits per heavy atom. The van der Waals surface area contributed by atoms with Gasteiger partial charge in [0, 0.05) is 33.4 Å². The molecule has 0 fully saturated rings. The molecule has 292 valence electrons. The van der Waals surface area contributed by atoms with Gasteiger partial charge < -0.3 is 9.47 Å². The highest BCUT2D eigenvalue weighted by Crippen LogP contribution is 2.44. The molecule has 62 heavy (non-hydrogen) atoms. The molecule has 0 aliphatic heterocycles. The van der Waals surface area contributed by atoms with Crippen LogP contribution >= 0.6 is 0 Å². The molecule has 2 nitrogen and oxygen atoms in total. The van der Waals surface area contributed by atoms with Gasteiger partial charge in [0.1, 0.15) is 0 Å². The molecule has 0 radical (unpaired) electrons. The van der Waals surface area contributed by atoms with Crippen molar-refractivity contribution in [3.05, 3.63) is 255 Å². The van der Waals surface area contributed by atoms with Crippen molar-refractivity contribution in [1.29, 1.82) is 0 Å². The molecule has 11 rings (SSSR count). The summed E-state index contributed by atoms with van der Waals surface area (Å²) in [7, 11) is 0. The highest BCUT2D eigenvalue weighted by Gasteiger charge is 2.19. The molecule has 0 bridgehead atoms. The lowest BCUT2D eigenvalue weighted by atomic mass is 9.95. The van der Waals surface area contributed by atoms with E-state index >= 15 is 0 Å². The van der Waals surface area contributed by atoms with Crippen molar-refractivity contribution in [3.8, 4) is 61.3 Å². The van der Waals surface area contributed by atoms with Crippen molar-refractivity contribution >= 4 is 38.9 Å². The third-order valence-corrected chi connectivity index (χ3v) is 12.0. The van der Waals surface area contributed by atoms with E-state index in [4.69, 9.17) is 0 Å². The summed E-state index contributed by atoms with van der Waals surface area (Å²) in [6.45, 7) is 0. The van der Waals surface area contributed by atoms with Gasteiger partial charge in [0.05, 0.1) is 16.7 Å². The van der Waals surface area contributed by atoms with Crippen LogP contribution in [0.15, 0.2) is 255 Å². The molecular weight excluding hydrogens is 749 g/mol. The van der Waals surface area contributed by atoms with Crippen LogP contribution in [-0.2, 0) is 0 Å². The van der Waals surface area contributed by atoms with E-state index in [9.17, 15) is 0 Å². The minimum atomic E-state index is 1.09. The van der Waals surface area contributed by atoms with Gasteiger partial charge in [0.15, 0.2) is 0 Å². The number of anilines is 3. The monoisotopic (exact) mass is 790 g/mol. The zero-order valence-corrected chi connectivity index (χ0v) is 34.1. The summed E-state index contributed by atoms with van der Waals surface area (Å²) in [4.78, 5) is 2.40. The maximum absolute atomic E-state index is 2.40. The number of para-hydroxylation sites is 3. The maximum atomic E-state index is 2.40. The molecule has 1 heterocycles. The average molecular weight is 791 g/mol. The van der Waals surface area contributed by atoms with Crippen LogP contribution in [0.25, 0.3) is 83.1 Å². The Balaban J connectivity index is 1.00. The Bertz CT molecular complexity index is 3310. The van der Waals surface area contributed by atoms with Gasteiger partial charge in [-0.15, -0.1) is 0 Å². The molecule has 2 heteroatoms. The fourth-order valence-electron chi connectivity index (χ4n) is 9.05. The van der Waals surface area contributed by atoms with Crippen molar-refractivity contribution in [2.45, 2.75) is 0 Å². The van der Waals surface area contributed by atoms with Crippen LogP contribution in [0, 0.1) is 0 Å². The number of hydrogen-bond acceptors (Lipinski definition) is 1. The van der Waals surface area contributed by atoms with Crippen LogP contribution < -0.4 is 4.90 Å². The third kappa shape index (κ3) is 6.84. The van der Waals surface area contributed by atoms with E-state index in [-0.39, 0.29) is 0 Å². The standard InChI is InChI=1S/C60H42N2/c1-4-17-43(18-5-1)44-33-35-45(36-34-44)46-37-39-52(40-38-46)61(57-30-12-10-27-54(57)47-19-6-2-7-20-47)53-26-15-22-49(42-53)48-21-14-23-50(41-48)55-29-16-32-59-60(55)56-28-11-13-31-58(56)62(59)51-24-8-3-9-25-51/h1-42H. The van der Waals surface area contributed by atoms with Crippen molar-refractivity contribution in [3.63, 3.8) is 0 Å². The van der Waals surface area contributed by atoms with E-state index in [1.54, 1.807) is 0 Å².